The number of Topliss-reactive ketones (excluding diaryl/α,β-unsaturated/α-hetero) is 3. The van der Waals surface area contributed by atoms with Gasteiger partial charge < -0.3 is 4.74 Å². The van der Waals surface area contributed by atoms with Crippen LogP contribution in [0.5, 0.6) is 5.75 Å². The van der Waals surface area contributed by atoms with E-state index in [-0.39, 0.29) is 36.6 Å². The molecule has 0 aliphatic heterocycles. The summed E-state index contributed by atoms with van der Waals surface area (Å²) < 4.78 is 5.02. The molecule has 0 amide bonds. The molecule has 0 fully saturated rings. The highest BCUT2D eigenvalue weighted by molar-refractivity contribution is 5.98. The van der Waals surface area contributed by atoms with Crippen molar-refractivity contribution in [3.8, 4) is 5.75 Å². The zero-order valence-electron chi connectivity index (χ0n) is 12.7. The maximum atomic E-state index is 11.9. The Bertz CT molecular complexity index is 488. The molecule has 4 nitrogen and oxygen atoms in total. The Morgan fingerprint density at radius 2 is 1.38 bits per heavy atom. The molecule has 0 spiro atoms. The summed E-state index contributed by atoms with van der Waals surface area (Å²) in [6, 6.07) is 6.82. The lowest BCUT2D eigenvalue weighted by atomic mass is 10.0. The third-order valence-corrected chi connectivity index (χ3v) is 3.25. The second-order valence-electron chi connectivity index (χ2n) is 4.98. The number of carbonyl (C=O) groups excluding carboxylic acids is 3. The zero-order valence-corrected chi connectivity index (χ0v) is 12.7. The summed E-state index contributed by atoms with van der Waals surface area (Å²) in [5.74, 6) is 0.719. The van der Waals surface area contributed by atoms with Crippen LogP contribution in [0.3, 0.4) is 0 Å². The Balaban J connectivity index is 2.34. The molecule has 0 N–H and O–H groups in total. The van der Waals surface area contributed by atoms with E-state index in [0.717, 1.165) is 6.42 Å². The Hall–Kier alpha value is -1.97. The molecule has 4 heteroatoms. The molecular formula is C17H22O4. The molecule has 0 bridgehead atoms. The average Bonchev–Trinajstić information content (AvgIpc) is 2.51. The quantitative estimate of drug-likeness (QED) is 0.620. The number of carbonyl (C=O) groups is 3. The number of hydrogen-bond acceptors (Lipinski definition) is 4. The first-order valence-corrected chi connectivity index (χ1v) is 7.27. The van der Waals surface area contributed by atoms with Gasteiger partial charge in [0.25, 0.3) is 0 Å². The lowest BCUT2D eigenvalue weighted by Gasteiger charge is -2.03. The van der Waals surface area contributed by atoms with Gasteiger partial charge in [-0.3, -0.25) is 14.4 Å². The smallest absolute Gasteiger partial charge is 0.163 e. The minimum Gasteiger partial charge on any atom is -0.497 e. The van der Waals surface area contributed by atoms with E-state index in [9.17, 15) is 14.4 Å². The summed E-state index contributed by atoms with van der Waals surface area (Å²) in [7, 11) is 1.56. The largest absolute Gasteiger partial charge is 0.497 e. The van der Waals surface area contributed by atoms with Crippen LogP contribution in [-0.4, -0.2) is 24.5 Å². The molecule has 114 valence electrons. The van der Waals surface area contributed by atoms with Crippen molar-refractivity contribution in [2.75, 3.05) is 7.11 Å². The van der Waals surface area contributed by atoms with Gasteiger partial charge in [-0.15, -0.1) is 0 Å². The number of hydrogen-bond donors (Lipinski definition) is 0. The van der Waals surface area contributed by atoms with E-state index < -0.39 is 0 Å². The molecule has 21 heavy (non-hydrogen) atoms. The summed E-state index contributed by atoms with van der Waals surface area (Å²) in [6.45, 7) is 1.94. The lowest BCUT2D eigenvalue weighted by molar-refractivity contribution is -0.124. The number of benzene rings is 1. The van der Waals surface area contributed by atoms with Gasteiger partial charge in [-0.1, -0.05) is 6.92 Å². The first-order chi connectivity index (χ1) is 10.1. The van der Waals surface area contributed by atoms with Crippen molar-refractivity contribution < 1.29 is 19.1 Å². The standard InChI is InChI=1S/C17H22O4/c1-3-4-14(18)7-8-15(19)9-12-17(20)13-5-10-16(21-2)11-6-13/h5-6,10-11H,3-4,7-9,12H2,1-2H3. The zero-order chi connectivity index (χ0) is 15.7. The van der Waals surface area contributed by atoms with Crippen LogP contribution in [0.1, 0.15) is 55.8 Å². The molecule has 1 aromatic rings. The van der Waals surface area contributed by atoms with Crippen LogP contribution in [0, 0.1) is 0 Å². The normalized spacial score (nSPS) is 10.2. The Labute approximate surface area is 125 Å². The first-order valence-electron chi connectivity index (χ1n) is 7.27. The fraction of sp³-hybridized carbons (Fsp3) is 0.471. The van der Waals surface area contributed by atoms with Gasteiger partial charge in [-0.25, -0.2) is 0 Å². The predicted molar refractivity (Wildman–Crippen MR) is 80.7 cm³/mol. The minimum absolute atomic E-state index is 0.0266. The summed E-state index contributed by atoms with van der Waals surface area (Å²) >= 11 is 0. The average molecular weight is 290 g/mol. The van der Waals surface area contributed by atoms with Crippen molar-refractivity contribution in [2.24, 2.45) is 0 Å². The van der Waals surface area contributed by atoms with E-state index in [2.05, 4.69) is 0 Å². The fourth-order valence-corrected chi connectivity index (χ4v) is 1.98. The first kappa shape index (κ1) is 17.1. The lowest BCUT2D eigenvalue weighted by Crippen LogP contribution is -2.07. The van der Waals surface area contributed by atoms with E-state index in [1.165, 1.54) is 0 Å². The summed E-state index contributed by atoms with van der Waals surface area (Å²) in [5, 5.41) is 0. The molecule has 0 aromatic heterocycles. The number of rotatable bonds is 10. The molecule has 0 aliphatic carbocycles. The molecule has 0 radical (unpaired) electrons. The van der Waals surface area contributed by atoms with Crippen molar-refractivity contribution in [1.82, 2.24) is 0 Å². The van der Waals surface area contributed by atoms with Crippen molar-refractivity contribution in [2.45, 2.75) is 45.4 Å². The predicted octanol–water partition coefficient (Wildman–Crippen LogP) is 3.38. The van der Waals surface area contributed by atoms with Crippen molar-refractivity contribution in [3.05, 3.63) is 29.8 Å². The van der Waals surface area contributed by atoms with Crippen LogP contribution in [-0.2, 0) is 9.59 Å². The highest BCUT2D eigenvalue weighted by Crippen LogP contribution is 2.14. The number of ether oxygens (including phenoxy) is 1. The minimum atomic E-state index is -0.0640. The second kappa shape index (κ2) is 9.06. The Morgan fingerprint density at radius 3 is 1.90 bits per heavy atom. The van der Waals surface area contributed by atoms with Crippen molar-refractivity contribution in [1.29, 1.82) is 0 Å². The highest BCUT2D eigenvalue weighted by Gasteiger charge is 2.11. The molecule has 1 rings (SSSR count). The van der Waals surface area contributed by atoms with Crippen LogP contribution in [0.2, 0.25) is 0 Å². The Kier molecular flexibility index (Phi) is 7.37. The topological polar surface area (TPSA) is 60.4 Å². The third kappa shape index (κ3) is 6.34. The van der Waals surface area contributed by atoms with Gasteiger partial charge in [0.15, 0.2) is 5.78 Å². The third-order valence-electron chi connectivity index (χ3n) is 3.25. The number of ketones is 3. The monoisotopic (exact) mass is 290 g/mol. The van der Waals surface area contributed by atoms with Crippen LogP contribution in [0.25, 0.3) is 0 Å². The molecule has 0 saturated heterocycles. The van der Waals surface area contributed by atoms with E-state index in [4.69, 9.17) is 4.74 Å². The van der Waals surface area contributed by atoms with Crippen molar-refractivity contribution >= 4 is 17.3 Å². The van der Waals surface area contributed by atoms with Crippen LogP contribution < -0.4 is 4.74 Å². The van der Waals surface area contributed by atoms with Gasteiger partial charge in [-0.2, -0.15) is 0 Å². The second-order valence-corrected chi connectivity index (χ2v) is 4.98. The molecule has 1 aromatic carbocycles. The van der Waals surface area contributed by atoms with Gasteiger partial charge in [0.2, 0.25) is 0 Å². The highest BCUT2D eigenvalue weighted by atomic mass is 16.5. The molecule has 0 atom stereocenters. The SMILES string of the molecule is CCCC(=O)CCC(=O)CCC(=O)c1ccc(OC)cc1. The van der Waals surface area contributed by atoms with E-state index >= 15 is 0 Å². The number of methoxy groups -OCH3 is 1. The van der Waals surface area contributed by atoms with Gasteiger partial charge >= 0.3 is 0 Å². The van der Waals surface area contributed by atoms with Crippen LogP contribution >= 0.6 is 0 Å². The molecule has 0 aliphatic rings. The summed E-state index contributed by atoms with van der Waals surface area (Å²) in [6.07, 6.45) is 2.26. The maximum Gasteiger partial charge on any atom is 0.163 e. The van der Waals surface area contributed by atoms with Crippen LogP contribution in [0.15, 0.2) is 24.3 Å². The maximum absolute atomic E-state index is 11.9. The van der Waals surface area contributed by atoms with Gasteiger partial charge in [0.1, 0.15) is 17.3 Å². The summed E-state index contributed by atoms with van der Waals surface area (Å²) in [4.78, 5) is 34.9. The van der Waals surface area contributed by atoms with Gasteiger partial charge in [-0.05, 0) is 30.7 Å². The molecule has 0 heterocycles. The van der Waals surface area contributed by atoms with Crippen molar-refractivity contribution in [3.63, 3.8) is 0 Å². The van der Waals surface area contributed by atoms with Crippen LogP contribution in [0.4, 0.5) is 0 Å². The summed E-state index contributed by atoms with van der Waals surface area (Å²) in [5.41, 5.74) is 0.575. The van der Waals surface area contributed by atoms with Gasteiger partial charge in [0, 0.05) is 37.7 Å². The Morgan fingerprint density at radius 1 is 0.857 bits per heavy atom. The molecular weight excluding hydrogens is 268 g/mol. The molecule has 0 unspecified atom stereocenters. The van der Waals surface area contributed by atoms with Gasteiger partial charge in [0.05, 0.1) is 7.11 Å². The van der Waals surface area contributed by atoms with E-state index in [1.54, 1.807) is 31.4 Å². The molecule has 0 saturated carbocycles. The van der Waals surface area contributed by atoms with E-state index in [0.29, 0.717) is 24.2 Å². The van der Waals surface area contributed by atoms with E-state index in [1.807, 2.05) is 6.92 Å². The fourth-order valence-electron chi connectivity index (χ4n) is 1.98.